The van der Waals surface area contributed by atoms with Crippen LogP contribution in [0.5, 0.6) is 0 Å². The van der Waals surface area contributed by atoms with E-state index in [0.29, 0.717) is 5.91 Å². The number of rotatable bonds is 6. The fraction of sp³-hybridized carbons (Fsp3) is 0.882. The van der Waals surface area contributed by atoms with Gasteiger partial charge in [-0.15, -0.1) is 0 Å². The van der Waals surface area contributed by atoms with Gasteiger partial charge in [0.05, 0.1) is 6.04 Å². The third-order valence-electron chi connectivity index (χ3n) is 4.96. The first-order valence-electron chi connectivity index (χ1n) is 9.14. The van der Waals surface area contributed by atoms with E-state index in [9.17, 15) is 4.79 Å². The Bertz CT molecular complexity index is 417. The van der Waals surface area contributed by atoms with E-state index in [0.717, 1.165) is 71.0 Å². The standard InChI is InChI=1S/C17H33N5OS/c1-15(16(23)21-8-4-5-9-21)20-10-12-22(13-11-20)17(18-2)19-7-6-14-24-3/h15H,4-14H2,1-3H3,(H,18,19). The molecule has 2 aliphatic rings. The topological polar surface area (TPSA) is 51.2 Å². The lowest BCUT2D eigenvalue weighted by atomic mass is 10.2. The number of hydrogen-bond donors (Lipinski definition) is 1. The molecule has 0 aromatic carbocycles. The van der Waals surface area contributed by atoms with Crippen LogP contribution >= 0.6 is 11.8 Å². The van der Waals surface area contributed by atoms with Gasteiger partial charge in [-0.2, -0.15) is 11.8 Å². The minimum Gasteiger partial charge on any atom is -0.356 e. The van der Waals surface area contributed by atoms with Gasteiger partial charge in [-0.1, -0.05) is 0 Å². The molecule has 0 aromatic rings. The van der Waals surface area contributed by atoms with E-state index in [4.69, 9.17) is 0 Å². The summed E-state index contributed by atoms with van der Waals surface area (Å²) in [7, 11) is 1.85. The summed E-state index contributed by atoms with van der Waals surface area (Å²) in [4.78, 5) is 23.6. The maximum Gasteiger partial charge on any atom is 0.239 e. The summed E-state index contributed by atoms with van der Waals surface area (Å²) in [5.41, 5.74) is 0. The Morgan fingerprint density at radius 3 is 2.38 bits per heavy atom. The number of aliphatic imine (C=N–C) groups is 1. The molecule has 2 rings (SSSR count). The molecule has 1 unspecified atom stereocenters. The Hall–Kier alpha value is -0.950. The van der Waals surface area contributed by atoms with E-state index in [1.54, 1.807) is 0 Å². The van der Waals surface area contributed by atoms with Crippen molar-refractivity contribution >= 4 is 23.6 Å². The zero-order valence-corrected chi connectivity index (χ0v) is 16.3. The van der Waals surface area contributed by atoms with Crippen molar-refractivity contribution in [2.45, 2.75) is 32.2 Å². The molecule has 0 saturated carbocycles. The van der Waals surface area contributed by atoms with E-state index < -0.39 is 0 Å². The number of thioether (sulfide) groups is 1. The number of likely N-dealkylation sites (tertiary alicyclic amines) is 1. The summed E-state index contributed by atoms with van der Waals surface area (Å²) in [6, 6.07) is 0.00167. The highest BCUT2D eigenvalue weighted by Gasteiger charge is 2.30. The molecule has 24 heavy (non-hydrogen) atoms. The van der Waals surface area contributed by atoms with Gasteiger partial charge in [0.1, 0.15) is 0 Å². The Kier molecular flexibility index (Phi) is 8.18. The van der Waals surface area contributed by atoms with Gasteiger partial charge in [0, 0.05) is 52.9 Å². The summed E-state index contributed by atoms with van der Waals surface area (Å²) in [5, 5.41) is 3.45. The second-order valence-corrected chi connectivity index (χ2v) is 7.54. The Balaban J connectivity index is 1.76. The predicted molar refractivity (Wildman–Crippen MR) is 103 cm³/mol. The van der Waals surface area contributed by atoms with Gasteiger partial charge in [-0.25, -0.2) is 0 Å². The molecule has 138 valence electrons. The van der Waals surface area contributed by atoms with Gasteiger partial charge >= 0.3 is 0 Å². The molecule has 0 aromatic heterocycles. The van der Waals surface area contributed by atoms with Crippen molar-refractivity contribution < 1.29 is 4.79 Å². The van der Waals surface area contributed by atoms with Crippen LogP contribution in [-0.2, 0) is 4.79 Å². The molecule has 7 heteroatoms. The third kappa shape index (κ3) is 5.28. The minimum absolute atomic E-state index is 0.00167. The van der Waals surface area contributed by atoms with Gasteiger partial charge in [0.2, 0.25) is 5.91 Å². The zero-order valence-electron chi connectivity index (χ0n) is 15.5. The van der Waals surface area contributed by atoms with Gasteiger partial charge < -0.3 is 15.1 Å². The van der Waals surface area contributed by atoms with Crippen LogP contribution in [0.15, 0.2) is 4.99 Å². The highest BCUT2D eigenvalue weighted by Crippen LogP contribution is 2.14. The predicted octanol–water partition coefficient (Wildman–Crippen LogP) is 0.943. The fourth-order valence-electron chi connectivity index (χ4n) is 3.43. The number of carbonyl (C=O) groups excluding carboxylic acids is 1. The number of hydrogen-bond acceptors (Lipinski definition) is 4. The van der Waals surface area contributed by atoms with Gasteiger partial charge in [-0.05, 0) is 38.2 Å². The molecule has 0 aliphatic carbocycles. The molecule has 2 saturated heterocycles. The van der Waals surface area contributed by atoms with E-state index in [-0.39, 0.29) is 6.04 Å². The lowest BCUT2D eigenvalue weighted by Crippen LogP contribution is -2.57. The summed E-state index contributed by atoms with van der Waals surface area (Å²) in [5.74, 6) is 2.48. The Morgan fingerprint density at radius 1 is 1.12 bits per heavy atom. The number of amides is 1. The number of piperazine rings is 1. The van der Waals surface area contributed by atoms with Crippen LogP contribution in [0.4, 0.5) is 0 Å². The van der Waals surface area contributed by atoms with Crippen molar-refractivity contribution in [1.82, 2.24) is 20.0 Å². The SMILES string of the molecule is CN=C(NCCCSC)N1CCN(C(C)C(=O)N2CCCC2)CC1. The van der Waals surface area contributed by atoms with E-state index >= 15 is 0 Å². The van der Waals surface area contributed by atoms with Crippen molar-refractivity contribution in [1.29, 1.82) is 0 Å². The fourth-order valence-corrected chi connectivity index (χ4v) is 3.86. The average Bonchev–Trinajstić information content (AvgIpc) is 3.15. The van der Waals surface area contributed by atoms with Crippen LogP contribution in [0.3, 0.4) is 0 Å². The molecule has 1 amide bonds. The third-order valence-corrected chi connectivity index (χ3v) is 5.65. The first kappa shape index (κ1) is 19.4. The van der Waals surface area contributed by atoms with Crippen LogP contribution in [0.2, 0.25) is 0 Å². The van der Waals surface area contributed by atoms with Gasteiger partial charge in [0.25, 0.3) is 0 Å². The van der Waals surface area contributed by atoms with Crippen molar-refractivity contribution in [3.05, 3.63) is 0 Å². The Labute approximate surface area is 151 Å². The number of guanidine groups is 1. The summed E-state index contributed by atoms with van der Waals surface area (Å²) in [6.45, 7) is 8.62. The molecule has 2 aliphatic heterocycles. The molecule has 1 atom stereocenters. The molecular formula is C17H33N5OS. The van der Waals surface area contributed by atoms with E-state index in [1.165, 1.54) is 5.75 Å². The second-order valence-electron chi connectivity index (χ2n) is 6.55. The minimum atomic E-state index is 0.00167. The van der Waals surface area contributed by atoms with Crippen LogP contribution in [0, 0.1) is 0 Å². The Morgan fingerprint density at radius 2 is 1.79 bits per heavy atom. The van der Waals surface area contributed by atoms with Gasteiger partial charge in [0.15, 0.2) is 5.96 Å². The number of nitrogens with one attached hydrogen (secondary N) is 1. The van der Waals surface area contributed by atoms with Crippen molar-refractivity contribution in [2.24, 2.45) is 4.99 Å². The normalized spacial score (nSPS) is 21.2. The first-order valence-corrected chi connectivity index (χ1v) is 10.5. The quantitative estimate of drug-likeness (QED) is 0.437. The smallest absolute Gasteiger partial charge is 0.239 e. The van der Waals surface area contributed by atoms with Crippen molar-refractivity contribution in [3.8, 4) is 0 Å². The van der Waals surface area contributed by atoms with Crippen molar-refractivity contribution in [3.63, 3.8) is 0 Å². The lowest BCUT2D eigenvalue weighted by molar-refractivity contribution is -0.135. The molecule has 0 radical (unpaired) electrons. The van der Waals surface area contributed by atoms with Crippen molar-refractivity contribution in [2.75, 3.05) is 64.9 Å². The van der Waals surface area contributed by atoms with Crippen LogP contribution in [-0.4, -0.2) is 97.5 Å². The monoisotopic (exact) mass is 355 g/mol. The maximum atomic E-state index is 12.6. The highest BCUT2D eigenvalue weighted by atomic mass is 32.2. The molecule has 2 fully saturated rings. The summed E-state index contributed by atoms with van der Waals surface area (Å²) in [6.07, 6.45) is 5.61. The molecule has 0 bridgehead atoms. The van der Waals surface area contributed by atoms with Crippen LogP contribution in [0.1, 0.15) is 26.2 Å². The lowest BCUT2D eigenvalue weighted by Gasteiger charge is -2.39. The second kappa shape index (κ2) is 10.1. The maximum absolute atomic E-state index is 12.6. The average molecular weight is 356 g/mol. The molecule has 0 spiro atoms. The number of nitrogens with zero attached hydrogens (tertiary/aromatic N) is 4. The molecular weight excluding hydrogens is 322 g/mol. The van der Waals surface area contributed by atoms with Gasteiger partial charge in [-0.3, -0.25) is 14.7 Å². The zero-order chi connectivity index (χ0) is 17.4. The molecule has 6 nitrogen and oxygen atoms in total. The van der Waals surface area contributed by atoms with Crippen LogP contribution < -0.4 is 5.32 Å². The van der Waals surface area contributed by atoms with E-state index in [2.05, 4.69) is 33.3 Å². The summed E-state index contributed by atoms with van der Waals surface area (Å²) < 4.78 is 0. The highest BCUT2D eigenvalue weighted by molar-refractivity contribution is 7.98. The molecule has 1 N–H and O–H groups in total. The first-order chi connectivity index (χ1) is 11.7. The largest absolute Gasteiger partial charge is 0.356 e. The summed E-state index contributed by atoms with van der Waals surface area (Å²) >= 11 is 1.88. The van der Waals surface area contributed by atoms with Crippen LogP contribution in [0.25, 0.3) is 0 Å². The van der Waals surface area contributed by atoms with E-state index in [1.807, 2.05) is 23.7 Å². The molecule has 2 heterocycles. The number of carbonyl (C=O) groups is 1.